The maximum atomic E-state index is 12.2. The first-order valence-corrected chi connectivity index (χ1v) is 10.2. The fourth-order valence-corrected chi connectivity index (χ4v) is 3.69. The molecular formula is C20H36N6O. The fraction of sp³-hybridized carbons (Fsp3) is 0.750. The Balaban J connectivity index is 1.88. The van der Waals surface area contributed by atoms with Crippen LogP contribution in [-0.2, 0) is 18.3 Å². The number of aryl methyl sites for hydroxylation is 2. The predicted octanol–water partition coefficient (Wildman–Crippen LogP) is 1.97. The second-order valence-corrected chi connectivity index (χ2v) is 7.62. The normalized spacial score (nSPS) is 16.9. The van der Waals surface area contributed by atoms with E-state index in [1.165, 1.54) is 30.5 Å². The van der Waals surface area contributed by atoms with E-state index in [1.807, 2.05) is 25.6 Å². The molecule has 1 aromatic rings. The van der Waals surface area contributed by atoms with Gasteiger partial charge < -0.3 is 16.0 Å². The van der Waals surface area contributed by atoms with Crippen molar-refractivity contribution in [2.75, 3.05) is 13.1 Å². The summed E-state index contributed by atoms with van der Waals surface area (Å²) < 4.78 is 1.92. The third-order valence-corrected chi connectivity index (χ3v) is 5.25. The Labute approximate surface area is 163 Å². The van der Waals surface area contributed by atoms with Crippen LogP contribution in [-0.4, -0.2) is 46.8 Å². The molecule has 0 aromatic carbocycles. The number of rotatable bonds is 7. The van der Waals surface area contributed by atoms with Gasteiger partial charge in [0.05, 0.1) is 5.69 Å². The molecule has 152 valence electrons. The van der Waals surface area contributed by atoms with Gasteiger partial charge in [-0.3, -0.25) is 9.48 Å². The summed E-state index contributed by atoms with van der Waals surface area (Å²) in [4.78, 5) is 16.7. The molecule has 1 amide bonds. The predicted molar refractivity (Wildman–Crippen MR) is 110 cm³/mol. The number of nitrogens with zero attached hydrogens (tertiary/aromatic N) is 3. The fourth-order valence-electron chi connectivity index (χ4n) is 3.69. The van der Waals surface area contributed by atoms with E-state index in [-0.39, 0.29) is 18.5 Å². The molecule has 7 nitrogen and oxygen atoms in total. The van der Waals surface area contributed by atoms with Crippen LogP contribution in [0.2, 0.25) is 0 Å². The van der Waals surface area contributed by atoms with Crippen LogP contribution in [0.15, 0.2) is 4.99 Å². The largest absolute Gasteiger partial charge is 0.357 e. The Hall–Kier alpha value is -2.05. The molecule has 3 N–H and O–H groups in total. The quantitative estimate of drug-likeness (QED) is 0.502. The molecule has 0 spiro atoms. The lowest BCUT2D eigenvalue weighted by Crippen LogP contribution is -2.44. The molecule has 1 aliphatic carbocycles. The number of nitrogens with one attached hydrogen (secondary N) is 3. The highest BCUT2D eigenvalue weighted by Crippen LogP contribution is 2.17. The molecule has 1 unspecified atom stereocenters. The third-order valence-electron chi connectivity index (χ3n) is 5.25. The van der Waals surface area contributed by atoms with Gasteiger partial charge in [-0.15, -0.1) is 0 Å². The molecule has 1 aliphatic rings. The van der Waals surface area contributed by atoms with E-state index in [1.54, 1.807) is 0 Å². The average molecular weight is 377 g/mol. The average Bonchev–Trinajstić information content (AvgIpc) is 2.87. The molecule has 1 fully saturated rings. The molecule has 7 heteroatoms. The van der Waals surface area contributed by atoms with Crippen molar-refractivity contribution in [2.24, 2.45) is 12.0 Å². The van der Waals surface area contributed by atoms with E-state index in [9.17, 15) is 4.79 Å². The van der Waals surface area contributed by atoms with Crippen molar-refractivity contribution in [1.29, 1.82) is 0 Å². The number of aliphatic imine (C=N–C) groups is 1. The van der Waals surface area contributed by atoms with Crippen molar-refractivity contribution in [1.82, 2.24) is 25.7 Å². The van der Waals surface area contributed by atoms with Crippen molar-refractivity contribution in [3.05, 3.63) is 17.0 Å². The minimum absolute atomic E-state index is 0.00528. The first-order chi connectivity index (χ1) is 12.9. The highest BCUT2D eigenvalue weighted by molar-refractivity contribution is 5.85. The van der Waals surface area contributed by atoms with E-state index in [0.29, 0.717) is 12.0 Å². The van der Waals surface area contributed by atoms with Gasteiger partial charge in [0.15, 0.2) is 5.96 Å². The second-order valence-electron chi connectivity index (χ2n) is 7.62. The molecule has 1 atom stereocenters. The maximum absolute atomic E-state index is 12.2. The number of guanidine groups is 1. The van der Waals surface area contributed by atoms with Gasteiger partial charge in [-0.25, -0.2) is 4.99 Å². The number of carbonyl (C=O) groups excluding carboxylic acids is 1. The summed E-state index contributed by atoms with van der Waals surface area (Å²) in [5.41, 5.74) is 3.52. The van der Waals surface area contributed by atoms with Crippen LogP contribution in [0.3, 0.4) is 0 Å². The van der Waals surface area contributed by atoms with E-state index in [2.05, 4.69) is 39.9 Å². The lowest BCUT2D eigenvalue weighted by molar-refractivity contribution is -0.120. The zero-order valence-corrected chi connectivity index (χ0v) is 17.6. The van der Waals surface area contributed by atoms with Crippen LogP contribution in [0.5, 0.6) is 0 Å². The summed E-state index contributed by atoms with van der Waals surface area (Å²) >= 11 is 0. The van der Waals surface area contributed by atoms with Crippen molar-refractivity contribution < 1.29 is 4.79 Å². The van der Waals surface area contributed by atoms with Crippen LogP contribution in [0.1, 0.15) is 62.9 Å². The minimum atomic E-state index is 0.00528. The van der Waals surface area contributed by atoms with Gasteiger partial charge in [0.2, 0.25) is 5.91 Å². The number of hydrogen-bond donors (Lipinski definition) is 3. The first kappa shape index (κ1) is 21.3. The Morgan fingerprint density at radius 3 is 2.59 bits per heavy atom. The number of aromatic nitrogens is 2. The Kier molecular flexibility index (Phi) is 8.13. The van der Waals surface area contributed by atoms with Crippen LogP contribution < -0.4 is 16.0 Å². The van der Waals surface area contributed by atoms with Crippen molar-refractivity contribution in [3.63, 3.8) is 0 Å². The van der Waals surface area contributed by atoms with Crippen molar-refractivity contribution >= 4 is 11.9 Å². The molecule has 2 rings (SSSR count). The van der Waals surface area contributed by atoms with E-state index in [4.69, 9.17) is 0 Å². The SMILES string of the molecule is CCNC(=NCC(=O)NC1CCCCC1)NC(C)Cc1c(C)nn(C)c1C. The summed E-state index contributed by atoms with van der Waals surface area (Å²) in [7, 11) is 1.97. The van der Waals surface area contributed by atoms with Crippen LogP contribution in [0.4, 0.5) is 0 Å². The Morgan fingerprint density at radius 1 is 1.30 bits per heavy atom. The summed E-state index contributed by atoms with van der Waals surface area (Å²) in [6.07, 6.45) is 6.76. The lowest BCUT2D eigenvalue weighted by Gasteiger charge is -2.22. The second kappa shape index (κ2) is 10.3. The molecule has 0 radical (unpaired) electrons. The standard InChI is InChI=1S/C20H36N6O/c1-6-21-20(22-13-19(27)24-17-10-8-7-9-11-17)23-14(2)12-18-15(3)25-26(5)16(18)4/h14,17H,6-13H2,1-5H3,(H,24,27)(H2,21,22,23). The van der Waals surface area contributed by atoms with Gasteiger partial charge in [0.1, 0.15) is 6.54 Å². The zero-order valence-electron chi connectivity index (χ0n) is 17.6. The highest BCUT2D eigenvalue weighted by atomic mass is 16.1. The summed E-state index contributed by atoms with van der Waals surface area (Å²) in [5, 5.41) is 14.2. The molecule has 0 saturated heterocycles. The molecular weight excluding hydrogens is 340 g/mol. The molecule has 1 aromatic heterocycles. The summed E-state index contributed by atoms with van der Waals surface area (Å²) in [6.45, 7) is 9.21. The van der Waals surface area contributed by atoms with Crippen LogP contribution in [0, 0.1) is 13.8 Å². The molecule has 0 bridgehead atoms. The van der Waals surface area contributed by atoms with Gasteiger partial charge >= 0.3 is 0 Å². The Morgan fingerprint density at radius 2 is 2.00 bits per heavy atom. The van der Waals surface area contributed by atoms with E-state index >= 15 is 0 Å². The number of amides is 1. The number of carbonyl (C=O) groups is 1. The van der Waals surface area contributed by atoms with Gasteiger partial charge in [-0.2, -0.15) is 5.10 Å². The smallest absolute Gasteiger partial charge is 0.242 e. The van der Waals surface area contributed by atoms with Crippen LogP contribution >= 0.6 is 0 Å². The third kappa shape index (κ3) is 6.56. The molecule has 27 heavy (non-hydrogen) atoms. The van der Waals surface area contributed by atoms with Gasteiger partial charge in [0.25, 0.3) is 0 Å². The van der Waals surface area contributed by atoms with Gasteiger partial charge in [-0.1, -0.05) is 19.3 Å². The van der Waals surface area contributed by atoms with Crippen molar-refractivity contribution in [3.8, 4) is 0 Å². The Bertz CT molecular complexity index is 645. The topological polar surface area (TPSA) is 83.3 Å². The highest BCUT2D eigenvalue weighted by Gasteiger charge is 2.16. The first-order valence-electron chi connectivity index (χ1n) is 10.2. The maximum Gasteiger partial charge on any atom is 0.242 e. The summed E-state index contributed by atoms with van der Waals surface area (Å²) in [5.74, 6) is 0.689. The van der Waals surface area contributed by atoms with Gasteiger partial charge in [-0.05, 0) is 52.5 Å². The van der Waals surface area contributed by atoms with Crippen LogP contribution in [0.25, 0.3) is 0 Å². The van der Waals surface area contributed by atoms with Crippen molar-refractivity contribution in [2.45, 2.75) is 78.3 Å². The summed E-state index contributed by atoms with van der Waals surface area (Å²) in [6, 6.07) is 0.512. The monoisotopic (exact) mass is 376 g/mol. The van der Waals surface area contributed by atoms with E-state index < -0.39 is 0 Å². The molecule has 1 heterocycles. The molecule has 0 aliphatic heterocycles. The number of hydrogen-bond acceptors (Lipinski definition) is 3. The minimum Gasteiger partial charge on any atom is -0.357 e. The van der Waals surface area contributed by atoms with Gasteiger partial charge in [0, 0.05) is 31.4 Å². The van der Waals surface area contributed by atoms with E-state index in [0.717, 1.165) is 31.5 Å². The molecule has 1 saturated carbocycles. The lowest BCUT2D eigenvalue weighted by atomic mass is 9.95. The zero-order chi connectivity index (χ0) is 19.8.